The van der Waals surface area contributed by atoms with Crippen molar-refractivity contribution in [2.45, 2.75) is 33.7 Å². The van der Waals surface area contributed by atoms with E-state index in [0.29, 0.717) is 0 Å². The molecule has 3 heteroatoms. The van der Waals surface area contributed by atoms with Gasteiger partial charge in [0.25, 0.3) is 0 Å². The normalized spacial score (nSPS) is 15.1. The Balaban J connectivity index is 4.63. The Morgan fingerprint density at radius 2 is 1.71 bits per heavy atom. The highest BCUT2D eigenvalue weighted by Crippen LogP contribution is 2.02. The highest BCUT2D eigenvalue weighted by atomic mass is 15.0. The molecule has 78 valence electrons. The van der Waals surface area contributed by atoms with Crippen LogP contribution in [0, 0.1) is 0 Å². The minimum atomic E-state index is 0.0108. The molecule has 0 aromatic rings. The molecule has 0 heterocycles. The van der Waals surface area contributed by atoms with Crippen LogP contribution in [0.3, 0.4) is 0 Å². The SMILES string of the molecule is C=C(C)C(C)=NC(N)=NC(C)C(=C)C. The zero-order chi connectivity index (χ0) is 11.3. The second-order valence-corrected chi connectivity index (χ2v) is 3.49. The molecular formula is C11H19N3. The molecule has 0 amide bonds. The summed E-state index contributed by atoms with van der Waals surface area (Å²) in [7, 11) is 0. The van der Waals surface area contributed by atoms with E-state index in [2.05, 4.69) is 23.1 Å². The maximum atomic E-state index is 5.63. The van der Waals surface area contributed by atoms with Gasteiger partial charge in [-0.25, -0.2) is 9.98 Å². The van der Waals surface area contributed by atoms with E-state index in [1.807, 2.05) is 27.7 Å². The molecule has 14 heavy (non-hydrogen) atoms. The second-order valence-electron chi connectivity index (χ2n) is 3.49. The zero-order valence-electron chi connectivity index (χ0n) is 9.46. The van der Waals surface area contributed by atoms with Gasteiger partial charge in [0.05, 0.1) is 6.04 Å². The van der Waals surface area contributed by atoms with E-state index in [4.69, 9.17) is 5.73 Å². The lowest BCUT2D eigenvalue weighted by Crippen LogP contribution is -2.15. The lowest BCUT2D eigenvalue weighted by atomic mass is 10.2. The fraction of sp³-hybridized carbons (Fsp3) is 0.455. The summed E-state index contributed by atoms with van der Waals surface area (Å²) in [4.78, 5) is 8.27. The average Bonchev–Trinajstić information content (AvgIpc) is 2.03. The van der Waals surface area contributed by atoms with Gasteiger partial charge >= 0.3 is 0 Å². The maximum absolute atomic E-state index is 5.63. The fourth-order valence-electron chi connectivity index (χ4n) is 0.605. The molecule has 1 unspecified atom stereocenters. The Labute approximate surface area is 86.1 Å². The van der Waals surface area contributed by atoms with E-state index in [1.54, 1.807) is 0 Å². The first-order chi connectivity index (χ1) is 6.34. The van der Waals surface area contributed by atoms with E-state index in [1.165, 1.54) is 0 Å². The van der Waals surface area contributed by atoms with Crippen LogP contribution in [0.5, 0.6) is 0 Å². The van der Waals surface area contributed by atoms with Crippen LogP contribution < -0.4 is 5.73 Å². The van der Waals surface area contributed by atoms with Crippen LogP contribution in [0.1, 0.15) is 27.7 Å². The molecule has 0 aromatic carbocycles. The van der Waals surface area contributed by atoms with Crippen molar-refractivity contribution >= 4 is 11.7 Å². The van der Waals surface area contributed by atoms with Crippen molar-refractivity contribution in [1.29, 1.82) is 0 Å². The van der Waals surface area contributed by atoms with Crippen LogP contribution in [0.4, 0.5) is 0 Å². The average molecular weight is 193 g/mol. The third-order valence-electron chi connectivity index (χ3n) is 1.94. The molecule has 0 aliphatic rings. The van der Waals surface area contributed by atoms with Gasteiger partial charge in [-0.1, -0.05) is 18.7 Å². The number of hydrogen-bond acceptors (Lipinski definition) is 1. The third kappa shape index (κ3) is 4.60. The van der Waals surface area contributed by atoms with Gasteiger partial charge in [0.1, 0.15) is 0 Å². The van der Waals surface area contributed by atoms with Crippen molar-refractivity contribution in [1.82, 2.24) is 0 Å². The number of allylic oxidation sites excluding steroid dienone is 1. The minimum Gasteiger partial charge on any atom is -0.368 e. The maximum Gasteiger partial charge on any atom is 0.216 e. The first kappa shape index (κ1) is 12.6. The van der Waals surface area contributed by atoms with Crippen molar-refractivity contribution < 1.29 is 0 Å². The molecule has 2 N–H and O–H groups in total. The van der Waals surface area contributed by atoms with Gasteiger partial charge in [-0.2, -0.15) is 0 Å². The molecule has 0 bridgehead atoms. The topological polar surface area (TPSA) is 50.7 Å². The Bertz CT molecular complexity index is 298. The summed E-state index contributed by atoms with van der Waals surface area (Å²) in [5, 5.41) is 0. The van der Waals surface area contributed by atoms with Crippen molar-refractivity contribution in [2.24, 2.45) is 15.7 Å². The third-order valence-corrected chi connectivity index (χ3v) is 1.94. The smallest absolute Gasteiger partial charge is 0.216 e. The molecule has 3 nitrogen and oxygen atoms in total. The summed E-state index contributed by atoms with van der Waals surface area (Å²) < 4.78 is 0. The van der Waals surface area contributed by atoms with Crippen LogP contribution in [0.25, 0.3) is 0 Å². The molecule has 0 spiro atoms. The Morgan fingerprint density at radius 1 is 1.21 bits per heavy atom. The number of nitrogens with zero attached hydrogens (tertiary/aromatic N) is 2. The predicted octanol–water partition coefficient (Wildman–Crippen LogP) is 2.30. The van der Waals surface area contributed by atoms with Crippen molar-refractivity contribution in [2.75, 3.05) is 0 Å². The van der Waals surface area contributed by atoms with Crippen LogP contribution in [-0.2, 0) is 0 Å². The van der Waals surface area contributed by atoms with Crippen LogP contribution >= 0.6 is 0 Å². The molecule has 0 saturated heterocycles. The lowest BCUT2D eigenvalue weighted by molar-refractivity contribution is 0.861. The monoisotopic (exact) mass is 193 g/mol. The van der Waals surface area contributed by atoms with E-state index < -0.39 is 0 Å². The number of rotatable bonds is 3. The molecule has 0 rings (SSSR count). The zero-order valence-corrected chi connectivity index (χ0v) is 9.46. The van der Waals surface area contributed by atoms with E-state index >= 15 is 0 Å². The van der Waals surface area contributed by atoms with E-state index in [-0.39, 0.29) is 12.0 Å². The quantitative estimate of drug-likeness (QED) is 0.417. The number of hydrogen-bond donors (Lipinski definition) is 1. The summed E-state index contributed by atoms with van der Waals surface area (Å²) in [5.74, 6) is 0.279. The molecule has 0 radical (unpaired) electrons. The summed E-state index contributed by atoms with van der Waals surface area (Å²) in [6, 6.07) is 0.0108. The van der Waals surface area contributed by atoms with Crippen molar-refractivity contribution in [3.05, 3.63) is 24.3 Å². The summed E-state index contributed by atoms with van der Waals surface area (Å²) in [6.45, 7) is 15.1. The molecule has 0 fully saturated rings. The van der Waals surface area contributed by atoms with E-state index in [9.17, 15) is 0 Å². The fourth-order valence-corrected chi connectivity index (χ4v) is 0.605. The predicted molar refractivity (Wildman–Crippen MR) is 63.8 cm³/mol. The van der Waals surface area contributed by atoms with Gasteiger partial charge in [-0.05, 0) is 33.3 Å². The first-order valence-electron chi connectivity index (χ1n) is 4.54. The van der Waals surface area contributed by atoms with Gasteiger partial charge in [0.2, 0.25) is 5.96 Å². The van der Waals surface area contributed by atoms with Crippen molar-refractivity contribution in [3.8, 4) is 0 Å². The molecule has 0 aliphatic heterocycles. The largest absolute Gasteiger partial charge is 0.368 e. The van der Waals surface area contributed by atoms with E-state index in [0.717, 1.165) is 16.9 Å². The Kier molecular flexibility index (Phi) is 4.84. The number of aliphatic imine (C=N–C) groups is 2. The van der Waals surface area contributed by atoms with Gasteiger partial charge < -0.3 is 5.73 Å². The minimum absolute atomic E-state index is 0.0108. The van der Waals surface area contributed by atoms with Crippen molar-refractivity contribution in [3.63, 3.8) is 0 Å². The number of nitrogens with two attached hydrogens (primary N) is 1. The van der Waals surface area contributed by atoms with Gasteiger partial charge in [-0.3, -0.25) is 0 Å². The lowest BCUT2D eigenvalue weighted by Gasteiger charge is -2.05. The Hall–Kier alpha value is -1.38. The molecule has 0 aromatic heterocycles. The Morgan fingerprint density at radius 3 is 2.07 bits per heavy atom. The van der Waals surface area contributed by atoms with Crippen LogP contribution in [0.2, 0.25) is 0 Å². The molecule has 0 saturated carbocycles. The molecule has 0 aliphatic carbocycles. The van der Waals surface area contributed by atoms with Gasteiger partial charge in [0, 0.05) is 5.71 Å². The second kappa shape index (κ2) is 5.37. The molecule has 1 atom stereocenters. The summed E-state index contributed by atoms with van der Waals surface area (Å²) in [6.07, 6.45) is 0. The highest BCUT2D eigenvalue weighted by Gasteiger charge is 2.00. The summed E-state index contributed by atoms with van der Waals surface area (Å²) >= 11 is 0. The summed E-state index contributed by atoms with van der Waals surface area (Å²) in [5.41, 5.74) is 8.30. The van der Waals surface area contributed by atoms with Crippen LogP contribution in [0.15, 0.2) is 34.3 Å². The van der Waals surface area contributed by atoms with Gasteiger partial charge in [-0.15, -0.1) is 0 Å². The number of guanidine groups is 1. The van der Waals surface area contributed by atoms with Crippen LogP contribution in [-0.4, -0.2) is 17.7 Å². The highest BCUT2D eigenvalue weighted by molar-refractivity contribution is 6.04. The standard InChI is InChI=1S/C11H19N3/c1-7(2)9(5)13-11(12)14-10(6)8(3)4/h9H,1,3H2,2,4-6H3,(H2,12,13). The van der Waals surface area contributed by atoms with Gasteiger partial charge in [0.15, 0.2) is 0 Å². The molecular weight excluding hydrogens is 174 g/mol. The first-order valence-corrected chi connectivity index (χ1v) is 4.54.